The van der Waals surface area contributed by atoms with Crippen molar-refractivity contribution in [2.75, 3.05) is 13.2 Å². The summed E-state index contributed by atoms with van der Waals surface area (Å²) in [6.07, 6.45) is 2.92. The molecule has 1 aromatic rings. The SMILES string of the molecule is O=C(O)C1COCC1NS(=O)(=O)c1ccc2c(c1)CCC2. The van der Waals surface area contributed by atoms with Crippen molar-refractivity contribution in [3.8, 4) is 0 Å². The number of benzene rings is 1. The molecule has 2 N–H and O–H groups in total. The van der Waals surface area contributed by atoms with Gasteiger partial charge in [-0.1, -0.05) is 6.07 Å². The van der Waals surface area contributed by atoms with Gasteiger partial charge in [0.15, 0.2) is 0 Å². The first kappa shape index (κ1) is 14.5. The Morgan fingerprint density at radius 2 is 2.00 bits per heavy atom. The smallest absolute Gasteiger partial charge is 0.310 e. The lowest BCUT2D eigenvalue weighted by molar-refractivity contribution is -0.142. The molecule has 21 heavy (non-hydrogen) atoms. The highest BCUT2D eigenvalue weighted by atomic mass is 32.2. The van der Waals surface area contributed by atoms with Gasteiger partial charge < -0.3 is 9.84 Å². The van der Waals surface area contributed by atoms with E-state index < -0.39 is 28.0 Å². The van der Waals surface area contributed by atoms with Gasteiger partial charge in [0.2, 0.25) is 10.0 Å². The predicted octanol–water partition coefficient (Wildman–Crippen LogP) is 0.553. The van der Waals surface area contributed by atoms with Gasteiger partial charge in [-0.15, -0.1) is 0 Å². The second kappa shape index (κ2) is 5.40. The van der Waals surface area contributed by atoms with Gasteiger partial charge in [0.25, 0.3) is 0 Å². The second-order valence-electron chi connectivity index (χ2n) is 5.49. The summed E-state index contributed by atoms with van der Waals surface area (Å²) in [7, 11) is -3.73. The maximum absolute atomic E-state index is 12.4. The molecule has 1 aliphatic heterocycles. The number of sulfonamides is 1. The lowest BCUT2D eigenvalue weighted by atomic mass is 10.1. The zero-order chi connectivity index (χ0) is 15.0. The van der Waals surface area contributed by atoms with E-state index in [2.05, 4.69) is 4.72 Å². The van der Waals surface area contributed by atoms with Crippen molar-refractivity contribution in [1.29, 1.82) is 0 Å². The van der Waals surface area contributed by atoms with E-state index in [4.69, 9.17) is 9.84 Å². The Balaban J connectivity index is 1.82. The standard InChI is InChI=1S/C14H17NO5S/c16-14(17)12-7-20-8-13(12)15-21(18,19)11-5-4-9-2-1-3-10(9)6-11/h4-6,12-13,15H,1-3,7-8H2,(H,16,17). The third-order valence-corrected chi connectivity index (χ3v) is 5.57. The average molecular weight is 311 g/mol. The van der Waals surface area contributed by atoms with Crippen molar-refractivity contribution < 1.29 is 23.1 Å². The Bertz CT molecular complexity index is 670. The number of carbonyl (C=O) groups is 1. The summed E-state index contributed by atoms with van der Waals surface area (Å²) in [6.45, 7) is 0.119. The number of fused-ring (bicyclic) bond motifs is 1. The summed E-state index contributed by atoms with van der Waals surface area (Å²) >= 11 is 0. The van der Waals surface area contributed by atoms with Crippen LogP contribution in [0.4, 0.5) is 0 Å². The number of rotatable bonds is 4. The zero-order valence-corrected chi connectivity index (χ0v) is 12.2. The Labute approximate surface area is 123 Å². The quantitative estimate of drug-likeness (QED) is 0.847. The molecule has 7 heteroatoms. The van der Waals surface area contributed by atoms with Crippen molar-refractivity contribution in [2.24, 2.45) is 5.92 Å². The van der Waals surface area contributed by atoms with Crippen LogP contribution in [0.3, 0.4) is 0 Å². The molecule has 0 bridgehead atoms. The van der Waals surface area contributed by atoms with Crippen molar-refractivity contribution in [2.45, 2.75) is 30.2 Å². The lowest BCUT2D eigenvalue weighted by Gasteiger charge is -2.16. The number of ether oxygens (including phenoxy) is 1. The minimum Gasteiger partial charge on any atom is -0.481 e. The van der Waals surface area contributed by atoms with Gasteiger partial charge in [0, 0.05) is 0 Å². The predicted molar refractivity (Wildman–Crippen MR) is 74.5 cm³/mol. The topological polar surface area (TPSA) is 92.7 Å². The number of hydrogen-bond donors (Lipinski definition) is 2. The molecule has 2 atom stereocenters. The number of aliphatic carboxylic acids is 1. The van der Waals surface area contributed by atoms with E-state index in [9.17, 15) is 13.2 Å². The van der Waals surface area contributed by atoms with Crippen LogP contribution in [0.2, 0.25) is 0 Å². The van der Waals surface area contributed by atoms with Crippen LogP contribution >= 0.6 is 0 Å². The van der Waals surface area contributed by atoms with Gasteiger partial charge in [-0.2, -0.15) is 0 Å². The number of aryl methyl sites for hydroxylation is 2. The van der Waals surface area contributed by atoms with Crippen LogP contribution in [0.15, 0.2) is 23.1 Å². The Hall–Kier alpha value is -1.44. The van der Waals surface area contributed by atoms with E-state index >= 15 is 0 Å². The molecule has 1 aliphatic carbocycles. The highest BCUT2D eigenvalue weighted by Crippen LogP contribution is 2.25. The molecule has 1 saturated heterocycles. The molecule has 0 amide bonds. The van der Waals surface area contributed by atoms with E-state index in [1.807, 2.05) is 6.07 Å². The van der Waals surface area contributed by atoms with Crippen molar-refractivity contribution in [3.63, 3.8) is 0 Å². The molecule has 2 aliphatic rings. The minimum atomic E-state index is -3.73. The first-order valence-corrected chi connectivity index (χ1v) is 8.40. The molecular weight excluding hydrogens is 294 g/mol. The molecule has 3 rings (SSSR count). The van der Waals surface area contributed by atoms with Gasteiger partial charge in [0.1, 0.15) is 0 Å². The van der Waals surface area contributed by atoms with Gasteiger partial charge in [-0.25, -0.2) is 13.1 Å². The van der Waals surface area contributed by atoms with Crippen LogP contribution in [-0.2, 0) is 32.4 Å². The molecule has 1 aromatic carbocycles. The molecule has 1 fully saturated rings. The zero-order valence-electron chi connectivity index (χ0n) is 11.4. The molecule has 0 saturated carbocycles. The van der Waals surface area contributed by atoms with Gasteiger partial charge >= 0.3 is 5.97 Å². The van der Waals surface area contributed by atoms with E-state index in [0.29, 0.717) is 0 Å². The highest BCUT2D eigenvalue weighted by Gasteiger charge is 2.37. The fourth-order valence-corrected chi connectivity index (χ4v) is 4.21. The summed E-state index contributed by atoms with van der Waals surface area (Å²) in [4.78, 5) is 11.3. The number of nitrogens with one attached hydrogen (secondary N) is 1. The Kier molecular flexibility index (Phi) is 3.73. The minimum absolute atomic E-state index is 0.0344. The maximum Gasteiger partial charge on any atom is 0.310 e. The molecule has 6 nitrogen and oxygen atoms in total. The Morgan fingerprint density at radius 3 is 2.76 bits per heavy atom. The fraction of sp³-hybridized carbons (Fsp3) is 0.500. The van der Waals surface area contributed by atoms with Crippen LogP contribution < -0.4 is 4.72 Å². The van der Waals surface area contributed by atoms with Crippen LogP contribution in [0.1, 0.15) is 17.5 Å². The van der Waals surface area contributed by atoms with Gasteiger partial charge in [-0.3, -0.25) is 4.79 Å². The molecule has 1 heterocycles. The average Bonchev–Trinajstić information content (AvgIpc) is 3.05. The first-order chi connectivity index (χ1) is 9.97. The Morgan fingerprint density at radius 1 is 1.24 bits per heavy atom. The summed E-state index contributed by atoms with van der Waals surface area (Å²) in [5.41, 5.74) is 2.26. The number of hydrogen-bond acceptors (Lipinski definition) is 4. The molecule has 0 aromatic heterocycles. The summed E-state index contributed by atoms with van der Waals surface area (Å²) < 4.78 is 32.3. The third-order valence-electron chi connectivity index (χ3n) is 4.08. The van der Waals surface area contributed by atoms with Crippen molar-refractivity contribution in [3.05, 3.63) is 29.3 Å². The van der Waals surface area contributed by atoms with E-state index in [-0.39, 0.29) is 18.1 Å². The van der Waals surface area contributed by atoms with Crippen LogP contribution in [0, 0.1) is 5.92 Å². The third kappa shape index (κ3) is 2.81. The van der Waals surface area contributed by atoms with Crippen LogP contribution in [-0.4, -0.2) is 38.7 Å². The van der Waals surface area contributed by atoms with E-state index in [1.165, 1.54) is 5.56 Å². The van der Waals surface area contributed by atoms with Crippen molar-refractivity contribution in [1.82, 2.24) is 4.72 Å². The number of carboxylic acid groups (broad SMARTS) is 1. The second-order valence-corrected chi connectivity index (χ2v) is 7.21. The molecule has 114 valence electrons. The summed E-state index contributed by atoms with van der Waals surface area (Å²) in [5.74, 6) is -1.89. The first-order valence-electron chi connectivity index (χ1n) is 6.92. The van der Waals surface area contributed by atoms with Crippen LogP contribution in [0.5, 0.6) is 0 Å². The number of carboxylic acids is 1. The van der Waals surface area contributed by atoms with E-state index in [0.717, 1.165) is 24.8 Å². The molecule has 0 spiro atoms. The summed E-state index contributed by atoms with van der Waals surface area (Å²) in [5, 5.41) is 9.06. The van der Waals surface area contributed by atoms with Gasteiger partial charge in [0.05, 0.1) is 30.1 Å². The maximum atomic E-state index is 12.4. The monoisotopic (exact) mass is 311 g/mol. The van der Waals surface area contributed by atoms with Crippen LogP contribution in [0.25, 0.3) is 0 Å². The highest BCUT2D eigenvalue weighted by molar-refractivity contribution is 7.89. The fourth-order valence-electron chi connectivity index (χ4n) is 2.90. The molecule has 2 unspecified atom stereocenters. The van der Waals surface area contributed by atoms with Crippen molar-refractivity contribution >= 4 is 16.0 Å². The lowest BCUT2D eigenvalue weighted by Crippen LogP contribution is -2.42. The largest absolute Gasteiger partial charge is 0.481 e. The van der Waals surface area contributed by atoms with E-state index in [1.54, 1.807) is 12.1 Å². The summed E-state index contributed by atoms with van der Waals surface area (Å²) in [6, 6.07) is 4.39. The van der Waals surface area contributed by atoms with Gasteiger partial charge in [-0.05, 0) is 42.5 Å². The molecular formula is C14H17NO5S. The molecule has 0 radical (unpaired) electrons. The normalized spacial score (nSPS) is 25.0.